The fourth-order valence-electron chi connectivity index (χ4n) is 1.70. The van der Waals surface area contributed by atoms with Crippen LogP contribution in [0.25, 0.3) is 11.3 Å². The van der Waals surface area contributed by atoms with Crippen molar-refractivity contribution in [1.29, 1.82) is 0 Å². The summed E-state index contributed by atoms with van der Waals surface area (Å²) in [6.45, 7) is 0. The van der Waals surface area contributed by atoms with Gasteiger partial charge in [-0.3, -0.25) is 4.68 Å². The second-order valence-electron chi connectivity index (χ2n) is 3.77. The minimum absolute atomic E-state index is 0.0164. The van der Waals surface area contributed by atoms with Crippen LogP contribution in [-0.4, -0.2) is 28.0 Å². The van der Waals surface area contributed by atoms with Crippen molar-refractivity contribution < 1.29 is 14.6 Å². The lowest BCUT2D eigenvalue weighted by molar-refractivity contribution is 0.0699. The number of aromatic nitrogens is 2. The van der Waals surface area contributed by atoms with Gasteiger partial charge in [-0.05, 0) is 24.3 Å². The molecule has 0 fully saturated rings. The van der Waals surface area contributed by atoms with E-state index in [1.165, 1.54) is 4.68 Å². The number of nitrogens with two attached hydrogens (primary N) is 1. The molecule has 0 amide bonds. The van der Waals surface area contributed by atoms with Gasteiger partial charge >= 0.3 is 5.97 Å². The van der Waals surface area contributed by atoms with E-state index in [9.17, 15) is 4.79 Å². The first kappa shape index (κ1) is 12.0. The van der Waals surface area contributed by atoms with Crippen LogP contribution < -0.4 is 10.5 Å². The van der Waals surface area contributed by atoms with Gasteiger partial charge in [-0.25, -0.2) is 4.79 Å². The van der Waals surface area contributed by atoms with Crippen LogP contribution in [0.3, 0.4) is 0 Å². The van der Waals surface area contributed by atoms with Crippen LogP contribution in [0.1, 0.15) is 10.4 Å². The van der Waals surface area contributed by atoms with Gasteiger partial charge in [0.15, 0.2) is 0 Å². The molecule has 0 aliphatic rings. The SMILES string of the molecule is COc1ccc(-c2nn(C)c(N)c2C(=O)O)cc1. The molecule has 1 heterocycles. The molecule has 18 heavy (non-hydrogen) atoms. The van der Waals surface area contributed by atoms with E-state index < -0.39 is 5.97 Å². The molecule has 0 saturated heterocycles. The minimum Gasteiger partial charge on any atom is -0.497 e. The van der Waals surface area contributed by atoms with E-state index in [2.05, 4.69) is 5.10 Å². The molecular formula is C12H13N3O3. The molecule has 0 unspecified atom stereocenters. The molecule has 0 aliphatic carbocycles. The summed E-state index contributed by atoms with van der Waals surface area (Å²) < 4.78 is 6.40. The Bertz CT molecular complexity index is 587. The number of hydrogen-bond acceptors (Lipinski definition) is 4. The van der Waals surface area contributed by atoms with Crippen molar-refractivity contribution in [2.75, 3.05) is 12.8 Å². The van der Waals surface area contributed by atoms with Gasteiger partial charge in [-0.15, -0.1) is 0 Å². The Morgan fingerprint density at radius 1 is 1.39 bits per heavy atom. The maximum atomic E-state index is 11.2. The zero-order valence-corrected chi connectivity index (χ0v) is 10.0. The van der Waals surface area contributed by atoms with Crippen LogP contribution in [0.4, 0.5) is 5.82 Å². The predicted octanol–water partition coefficient (Wildman–Crippen LogP) is 1.38. The molecule has 0 atom stereocenters. The standard InChI is InChI=1S/C12H13N3O3/c1-15-11(13)9(12(16)17)10(14-15)7-3-5-8(18-2)6-4-7/h3-6H,13H2,1-2H3,(H,16,17). The highest BCUT2D eigenvalue weighted by atomic mass is 16.5. The number of methoxy groups -OCH3 is 1. The Labute approximate surface area is 104 Å². The summed E-state index contributed by atoms with van der Waals surface area (Å²) in [6, 6.07) is 6.97. The average Bonchev–Trinajstić information content (AvgIpc) is 2.66. The fraction of sp³-hybridized carbons (Fsp3) is 0.167. The molecule has 0 saturated carbocycles. The largest absolute Gasteiger partial charge is 0.497 e. The number of aryl methyl sites for hydroxylation is 1. The summed E-state index contributed by atoms with van der Waals surface area (Å²) in [4.78, 5) is 11.2. The minimum atomic E-state index is -1.09. The van der Waals surface area contributed by atoms with Crippen LogP contribution in [0.2, 0.25) is 0 Å². The molecule has 2 aromatic rings. The van der Waals surface area contributed by atoms with Crippen LogP contribution >= 0.6 is 0 Å². The smallest absolute Gasteiger partial charge is 0.341 e. The number of carboxylic acids is 1. The van der Waals surface area contributed by atoms with Crippen LogP contribution in [0, 0.1) is 0 Å². The van der Waals surface area contributed by atoms with E-state index in [1.54, 1.807) is 38.4 Å². The summed E-state index contributed by atoms with van der Waals surface area (Å²) in [5.74, 6) is -0.265. The van der Waals surface area contributed by atoms with Crippen molar-refractivity contribution in [3.63, 3.8) is 0 Å². The van der Waals surface area contributed by atoms with Gasteiger partial charge < -0.3 is 15.6 Å². The topological polar surface area (TPSA) is 90.4 Å². The van der Waals surface area contributed by atoms with Crippen molar-refractivity contribution in [2.24, 2.45) is 7.05 Å². The molecule has 6 nitrogen and oxygen atoms in total. The first-order valence-corrected chi connectivity index (χ1v) is 5.24. The fourth-order valence-corrected chi connectivity index (χ4v) is 1.70. The lowest BCUT2D eigenvalue weighted by Gasteiger charge is -2.02. The molecule has 0 spiro atoms. The second kappa shape index (κ2) is 4.40. The quantitative estimate of drug-likeness (QED) is 0.855. The summed E-state index contributed by atoms with van der Waals surface area (Å²) >= 11 is 0. The lowest BCUT2D eigenvalue weighted by atomic mass is 10.1. The highest BCUT2D eigenvalue weighted by molar-refractivity contribution is 5.99. The van der Waals surface area contributed by atoms with E-state index in [1.807, 2.05) is 0 Å². The van der Waals surface area contributed by atoms with E-state index in [0.29, 0.717) is 17.0 Å². The number of rotatable bonds is 3. The Kier molecular flexibility index (Phi) is 2.93. The number of hydrogen-bond donors (Lipinski definition) is 2. The van der Waals surface area contributed by atoms with Gasteiger partial charge in [0, 0.05) is 12.6 Å². The van der Waals surface area contributed by atoms with E-state index in [-0.39, 0.29) is 11.4 Å². The first-order valence-electron chi connectivity index (χ1n) is 5.24. The number of anilines is 1. The van der Waals surface area contributed by atoms with Crippen LogP contribution in [-0.2, 0) is 7.05 Å². The predicted molar refractivity (Wildman–Crippen MR) is 66.6 cm³/mol. The number of nitrogen functional groups attached to an aromatic ring is 1. The van der Waals surface area contributed by atoms with Gasteiger partial charge in [0.05, 0.1) is 7.11 Å². The van der Waals surface area contributed by atoms with Crippen molar-refractivity contribution in [3.8, 4) is 17.0 Å². The van der Waals surface area contributed by atoms with Gasteiger partial charge in [0.25, 0.3) is 0 Å². The molecule has 0 aliphatic heterocycles. The second-order valence-corrected chi connectivity index (χ2v) is 3.77. The third-order valence-corrected chi connectivity index (χ3v) is 2.67. The number of ether oxygens (including phenoxy) is 1. The highest BCUT2D eigenvalue weighted by Crippen LogP contribution is 2.28. The van der Waals surface area contributed by atoms with Crippen molar-refractivity contribution >= 4 is 11.8 Å². The van der Waals surface area contributed by atoms with Gasteiger partial charge in [-0.1, -0.05) is 0 Å². The molecule has 2 rings (SSSR count). The molecule has 3 N–H and O–H groups in total. The number of carbonyl (C=O) groups is 1. The number of nitrogens with zero attached hydrogens (tertiary/aromatic N) is 2. The summed E-state index contributed by atoms with van der Waals surface area (Å²) in [6.07, 6.45) is 0. The molecule has 94 valence electrons. The normalized spacial score (nSPS) is 10.3. The zero-order chi connectivity index (χ0) is 13.3. The van der Waals surface area contributed by atoms with Crippen LogP contribution in [0.15, 0.2) is 24.3 Å². The number of benzene rings is 1. The van der Waals surface area contributed by atoms with Crippen molar-refractivity contribution in [1.82, 2.24) is 9.78 Å². The van der Waals surface area contributed by atoms with E-state index in [4.69, 9.17) is 15.6 Å². The van der Waals surface area contributed by atoms with Gasteiger partial charge in [0.1, 0.15) is 22.8 Å². The third kappa shape index (κ3) is 1.88. The Morgan fingerprint density at radius 3 is 2.50 bits per heavy atom. The molecular weight excluding hydrogens is 234 g/mol. The van der Waals surface area contributed by atoms with Crippen molar-refractivity contribution in [3.05, 3.63) is 29.8 Å². The summed E-state index contributed by atoms with van der Waals surface area (Å²) in [5, 5.41) is 13.3. The lowest BCUT2D eigenvalue weighted by Crippen LogP contribution is -2.04. The maximum Gasteiger partial charge on any atom is 0.341 e. The monoisotopic (exact) mass is 247 g/mol. The maximum absolute atomic E-state index is 11.2. The summed E-state index contributed by atoms with van der Waals surface area (Å²) in [5.41, 5.74) is 6.74. The Morgan fingerprint density at radius 2 is 2.00 bits per heavy atom. The third-order valence-electron chi connectivity index (χ3n) is 2.67. The van der Waals surface area contributed by atoms with Crippen molar-refractivity contribution in [2.45, 2.75) is 0 Å². The molecule has 0 radical (unpaired) electrons. The first-order chi connectivity index (χ1) is 8.54. The average molecular weight is 247 g/mol. The highest BCUT2D eigenvalue weighted by Gasteiger charge is 2.21. The Hall–Kier alpha value is -2.50. The summed E-state index contributed by atoms with van der Waals surface area (Å²) in [7, 11) is 3.17. The molecule has 6 heteroatoms. The van der Waals surface area contributed by atoms with E-state index >= 15 is 0 Å². The van der Waals surface area contributed by atoms with E-state index in [0.717, 1.165) is 0 Å². The van der Waals surface area contributed by atoms with Gasteiger partial charge in [0.2, 0.25) is 0 Å². The number of carboxylic acid groups (broad SMARTS) is 1. The zero-order valence-electron chi connectivity index (χ0n) is 10.0. The van der Waals surface area contributed by atoms with Gasteiger partial charge in [-0.2, -0.15) is 5.10 Å². The molecule has 1 aromatic heterocycles. The molecule has 0 bridgehead atoms. The van der Waals surface area contributed by atoms with Crippen LogP contribution in [0.5, 0.6) is 5.75 Å². The molecule has 1 aromatic carbocycles. The Balaban J connectivity index is 2.56. The number of aromatic carboxylic acids is 1.